The standard InChI is InChI=1S/C14H22O2/c1-10(2)13-7-4-12(5-8-13)6-9-14(16)11(3)15/h4-5,7-8,10-11,14-16H,6,9H2,1-3H3. The minimum atomic E-state index is -0.644. The van der Waals surface area contributed by atoms with Crippen LogP contribution in [-0.2, 0) is 6.42 Å². The Morgan fingerprint density at radius 3 is 2.00 bits per heavy atom. The number of benzene rings is 1. The monoisotopic (exact) mass is 222 g/mol. The SMILES string of the molecule is CC(C)c1ccc(CCC(O)C(C)O)cc1. The first-order valence-electron chi connectivity index (χ1n) is 5.95. The molecular formula is C14H22O2. The molecule has 0 bridgehead atoms. The molecule has 0 aromatic heterocycles. The first-order valence-corrected chi connectivity index (χ1v) is 5.95. The van der Waals surface area contributed by atoms with Crippen molar-refractivity contribution < 1.29 is 10.2 Å². The largest absolute Gasteiger partial charge is 0.391 e. The van der Waals surface area contributed by atoms with Gasteiger partial charge in [-0.3, -0.25) is 0 Å². The number of aliphatic hydroxyl groups excluding tert-OH is 2. The molecule has 0 radical (unpaired) electrons. The minimum Gasteiger partial charge on any atom is -0.391 e. The van der Waals surface area contributed by atoms with E-state index in [9.17, 15) is 5.11 Å². The molecule has 2 heteroatoms. The smallest absolute Gasteiger partial charge is 0.0799 e. The van der Waals surface area contributed by atoms with E-state index in [1.54, 1.807) is 6.92 Å². The van der Waals surface area contributed by atoms with Crippen LogP contribution in [0.1, 0.15) is 44.2 Å². The van der Waals surface area contributed by atoms with Crippen LogP contribution >= 0.6 is 0 Å². The summed E-state index contributed by atoms with van der Waals surface area (Å²) in [5.74, 6) is 0.553. The average molecular weight is 222 g/mol. The molecule has 1 rings (SSSR count). The van der Waals surface area contributed by atoms with Crippen molar-refractivity contribution in [3.05, 3.63) is 35.4 Å². The van der Waals surface area contributed by atoms with Gasteiger partial charge in [0.15, 0.2) is 0 Å². The van der Waals surface area contributed by atoms with E-state index in [2.05, 4.69) is 38.1 Å². The van der Waals surface area contributed by atoms with E-state index in [4.69, 9.17) is 5.11 Å². The molecule has 0 aliphatic carbocycles. The fraction of sp³-hybridized carbons (Fsp3) is 0.571. The molecule has 0 aliphatic rings. The first kappa shape index (κ1) is 13.2. The number of aliphatic hydroxyl groups is 2. The lowest BCUT2D eigenvalue weighted by Gasteiger charge is -2.13. The molecule has 0 heterocycles. The van der Waals surface area contributed by atoms with Gasteiger partial charge in [0.1, 0.15) is 0 Å². The van der Waals surface area contributed by atoms with Crippen molar-refractivity contribution in [2.24, 2.45) is 0 Å². The number of hydrogen-bond acceptors (Lipinski definition) is 2. The van der Waals surface area contributed by atoms with E-state index >= 15 is 0 Å². The maximum atomic E-state index is 9.48. The second kappa shape index (κ2) is 6.02. The summed E-state index contributed by atoms with van der Waals surface area (Å²) < 4.78 is 0. The molecule has 0 spiro atoms. The average Bonchev–Trinajstić information content (AvgIpc) is 2.26. The zero-order valence-corrected chi connectivity index (χ0v) is 10.4. The third-order valence-corrected chi connectivity index (χ3v) is 2.93. The second-order valence-corrected chi connectivity index (χ2v) is 4.74. The van der Waals surface area contributed by atoms with Crippen molar-refractivity contribution in [3.8, 4) is 0 Å². The summed E-state index contributed by atoms with van der Waals surface area (Å²) in [6, 6.07) is 8.47. The van der Waals surface area contributed by atoms with Crippen molar-refractivity contribution in [3.63, 3.8) is 0 Å². The zero-order valence-electron chi connectivity index (χ0n) is 10.4. The van der Waals surface area contributed by atoms with Crippen LogP contribution in [-0.4, -0.2) is 22.4 Å². The van der Waals surface area contributed by atoms with Gasteiger partial charge >= 0.3 is 0 Å². The Bertz CT molecular complexity index is 301. The van der Waals surface area contributed by atoms with E-state index in [1.165, 1.54) is 11.1 Å². The lowest BCUT2D eigenvalue weighted by atomic mass is 9.99. The van der Waals surface area contributed by atoms with Crippen molar-refractivity contribution in [1.82, 2.24) is 0 Å². The maximum absolute atomic E-state index is 9.48. The molecule has 1 aromatic carbocycles. The van der Waals surface area contributed by atoms with Crippen LogP contribution in [0.15, 0.2) is 24.3 Å². The van der Waals surface area contributed by atoms with Crippen LogP contribution < -0.4 is 0 Å². The van der Waals surface area contributed by atoms with E-state index in [-0.39, 0.29) is 0 Å². The highest BCUT2D eigenvalue weighted by Gasteiger charge is 2.10. The van der Waals surface area contributed by atoms with Gasteiger partial charge in [0.05, 0.1) is 12.2 Å². The lowest BCUT2D eigenvalue weighted by Crippen LogP contribution is -2.22. The van der Waals surface area contributed by atoms with Crippen molar-refractivity contribution in [2.75, 3.05) is 0 Å². The van der Waals surface area contributed by atoms with Gasteiger partial charge < -0.3 is 10.2 Å². The summed E-state index contributed by atoms with van der Waals surface area (Å²) in [4.78, 5) is 0. The molecule has 0 saturated heterocycles. The first-order chi connectivity index (χ1) is 7.50. The fourth-order valence-electron chi connectivity index (χ4n) is 1.62. The normalized spacial score (nSPS) is 15.1. The number of aryl methyl sites for hydroxylation is 1. The van der Waals surface area contributed by atoms with Crippen molar-refractivity contribution in [2.45, 2.75) is 51.7 Å². The molecule has 2 N–H and O–H groups in total. The van der Waals surface area contributed by atoms with Crippen LogP contribution in [0.4, 0.5) is 0 Å². The summed E-state index contributed by atoms with van der Waals surface area (Å²) >= 11 is 0. The Labute approximate surface area is 97.9 Å². The molecule has 0 saturated carbocycles. The second-order valence-electron chi connectivity index (χ2n) is 4.74. The van der Waals surface area contributed by atoms with Gasteiger partial charge in [-0.05, 0) is 36.8 Å². The van der Waals surface area contributed by atoms with Gasteiger partial charge in [-0.2, -0.15) is 0 Å². The molecule has 90 valence electrons. The zero-order chi connectivity index (χ0) is 12.1. The summed E-state index contributed by atoms with van der Waals surface area (Å²) in [6.07, 6.45) is 0.156. The van der Waals surface area contributed by atoms with Gasteiger partial charge in [-0.1, -0.05) is 38.1 Å². The Hall–Kier alpha value is -0.860. The van der Waals surface area contributed by atoms with Crippen LogP contribution in [0.25, 0.3) is 0 Å². The van der Waals surface area contributed by atoms with E-state index in [0.29, 0.717) is 12.3 Å². The summed E-state index contributed by atoms with van der Waals surface area (Å²) in [5.41, 5.74) is 2.55. The molecule has 0 aliphatic heterocycles. The van der Waals surface area contributed by atoms with E-state index in [0.717, 1.165) is 6.42 Å². The van der Waals surface area contributed by atoms with Gasteiger partial charge in [0, 0.05) is 0 Å². The van der Waals surface area contributed by atoms with Crippen LogP contribution in [0.3, 0.4) is 0 Å². The Balaban J connectivity index is 2.49. The van der Waals surface area contributed by atoms with Gasteiger partial charge in [-0.25, -0.2) is 0 Å². The molecule has 2 unspecified atom stereocenters. The van der Waals surface area contributed by atoms with Crippen LogP contribution in [0.2, 0.25) is 0 Å². The van der Waals surface area contributed by atoms with Crippen molar-refractivity contribution >= 4 is 0 Å². The molecule has 2 nitrogen and oxygen atoms in total. The lowest BCUT2D eigenvalue weighted by molar-refractivity contribution is 0.0265. The maximum Gasteiger partial charge on any atom is 0.0799 e. The number of hydrogen-bond donors (Lipinski definition) is 2. The third-order valence-electron chi connectivity index (χ3n) is 2.93. The quantitative estimate of drug-likeness (QED) is 0.803. The van der Waals surface area contributed by atoms with E-state index < -0.39 is 12.2 Å². The summed E-state index contributed by atoms with van der Waals surface area (Å²) in [6.45, 7) is 5.96. The Morgan fingerprint density at radius 2 is 1.56 bits per heavy atom. The molecule has 2 atom stereocenters. The summed E-state index contributed by atoms with van der Waals surface area (Å²) in [7, 11) is 0. The van der Waals surface area contributed by atoms with Gasteiger partial charge in [0.2, 0.25) is 0 Å². The number of rotatable bonds is 5. The van der Waals surface area contributed by atoms with Gasteiger partial charge in [0.25, 0.3) is 0 Å². The summed E-state index contributed by atoms with van der Waals surface area (Å²) in [5, 5.41) is 18.6. The predicted octanol–water partition coefficient (Wildman–Crippen LogP) is 2.48. The van der Waals surface area contributed by atoms with Crippen molar-refractivity contribution in [1.29, 1.82) is 0 Å². The van der Waals surface area contributed by atoms with Crippen LogP contribution in [0.5, 0.6) is 0 Å². The molecule has 0 fully saturated rings. The van der Waals surface area contributed by atoms with Crippen LogP contribution in [0, 0.1) is 0 Å². The molecule has 0 amide bonds. The third kappa shape index (κ3) is 3.95. The highest BCUT2D eigenvalue weighted by molar-refractivity contribution is 5.24. The topological polar surface area (TPSA) is 40.5 Å². The highest BCUT2D eigenvalue weighted by Crippen LogP contribution is 2.16. The van der Waals surface area contributed by atoms with E-state index in [1.807, 2.05) is 0 Å². The van der Waals surface area contributed by atoms with Gasteiger partial charge in [-0.15, -0.1) is 0 Å². The molecule has 1 aromatic rings. The predicted molar refractivity (Wildman–Crippen MR) is 66.5 cm³/mol. The Kier molecular flexibility index (Phi) is 4.97. The minimum absolute atomic E-state index is 0.553. The molecular weight excluding hydrogens is 200 g/mol. The fourth-order valence-corrected chi connectivity index (χ4v) is 1.62. The molecule has 16 heavy (non-hydrogen) atoms. The Morgan fingerprint density at radius 1 is 1.00 bits per heavy atom. The highest BCUT2D eigenvalue weighted by atomic mass is 16.3.